The number of carbonyl (C=O) groups is 1. The molecular weight excluding hydrogens is 336 g/mol. The lowest BCUT2D eigenvalue weighted by molar-refractivity contribution is 0.0914. The summed E-state index contributed by atoms with van der Waals surface area (Å²) >= 11 is 0. The van der Waals surface area contributed by atoms with Gasteiger partial charge in [-0.2, -0.15) is 0 Å². The molecule has 0 saturated carbocycles. The lowest BCUT2D eigenvalue weighted by Gasteiger charge is -2.38. The number of hydrogen-bond donors (Lipinski definition) is 1. The number of nitrogens with one attached hydrogen (secondary N) is 1. The van der Waals surface area contributed by atoms with Crippen molar-refractivity contribution in [3.05, 3.63) is 53.3 Å². The molecule has 5 nitrogen and oxygen atoms in total. The number of aryl methyl sites for hydroxylation is 1. The molecule has 1 N–H and O–H groups in total. The quantitative estimate of drug-likeness (QED) is 0.902. The van der Waals surface area contributed by atoms with E-state index in [1.165, 1.54) is 16.8 Å². The average Bonchev–Trinajstić information content (AvgIpc) is 2.63. The molecule has 0 aliphatic carbocycles. The van der Waals surface area contributed by atoms with Crippen LogP contribution in [0.1, 0.15) is 42.4 Å². The van der Waals surface area contributed by atoms with E-state index in [4.69, 9.17) is 0 Å². The number of piperazine rings is 1. The zero-order chi connectivity index (χ0) is 19.6. The predicted molar refractivity (Wildman–Crippen MR) is 112 cm³/mol. The Kier molecular flexibility index (Phi) is 5.40. The van der Waals surface area contributed by atoms with Gasteiger partial charge >= 0.3 is 0 Å². The normalized spacial score (nSPS) is 15.0. The Balaban J connectivity index is 1.69. The summed E-state index contributed by atoms with van der Waals surface area (Å²) < 4.78 is 0. The molecular formula is C22H30N4O. The second-order valence-electron chi connectivity index (χ2n) is 8.30. The average molecular weight is 367 g/mol. The topological polar surface area (TPSA) is 48.5 Å². The van der Waals surface area contributed by atoms with Crippen molar-refractivity contribution in [2.24, 2.45) is 0 Å². The maximum atomic E-state index is 12.4. The summed E-state index contributed by atoms with van der Waals surface area (Å²) in [5.74, 6) is -0.127. The summed E-state index contributed by atoms with van der Waals surface area (Å²) in [4.78, 5) is 21.4. The molecule has 0 bridgehead atoms. The van der Waals surface area contributed by atoms with Gasteiger partial charge in [0.25, 0.3) is 5.91 Å². The molecule has 1 amide bonds. The van der Waals surface area contributed by atoms with Gasteiger partial charge in [-0.15, -0.1) is 0 Å². The molecule has 27 heavy (non-hydrogen) atoms. The number of amides is 1. The fraction of sp³-hybridized carbons (Fsp3) is 0.455. The Morgan fingerprint density at radius 2 is 1.70 bits per heavy atom. The van der Waals surface area contributed by atoms with Gasteiger partial charge in [-0.05, 0) is 63.9 Å². The molecule has 0 unspecified atom stereocenters. The fourth-order valence-electron chi connectivity index (χ4n) is 3.43. The molecule has 1 aliphatic rings. The molecule has 3 rings (SSSR count). The summed E-state index contributed by atoms with van der Waals surface area (Å²) in [5.41, 5.74) is 5.28. The third-order valence-electron chi connectivity index (χ3n) is 5.03. The van der Waals surface area contributed by atoms with Crippen LogP contribution in [0.2, 0.25) is 0 Å². The lowest BCUT2D eigenvalue weighted by atomic mass is 10.1. The van der Waals surface area contributed by atoms with Crippen molar-refractivity contribution >= 4 is 17.3 Å². The minimum Gasteiger partial charge on any atom is -0.368 e. The number of nitrogens with zero attached hydrogens (tertiary/aromatic N) is 3. The highest BCUT2D eigenvalue weighted by molar-refractivity contribution is 5.93. The van der Waals surface area contributed by atoms with E-state index in [0.717, 1.165) is 31.9 Å². The molecule has 1 aromatic carbocycles. The molecule has 1 aliphatic heterocycles. The second-order valence-corrected chi connectivity index (χ2v) is 8.30. The molecule has 0 radical (unpaired) electrons. The van der Waals surface area contributed by atoms with Gasteiger partial charge in [0.05, 0.1) is 0 Å². The van der Waals surface area contributed by atoms with Crippen molar-refractivity contribution in [1.29, 1.82) is 0 Å². The van der Waals surface area contributed by atoms with Gasteiger partial charge in [-0.25, -0.2) is 0 Å². The van der Waals surface area contributed by atoms with Gasteiger partial charge in [-0.1, -0.05) is 12.1 Å². The Hall–Kier alpha value is -2.56. The van der Waals surface area contributed by atoms with Crippen LogP contribution in [0.3, 0.4) is 0 Å². The Bertz CT molecular complexity index is 817. The van der Waals surface area contributed by atoms with E-state index in [1.807, 2.05) is 32.9 Å². The zero-order valence-corrected chi connectivity index (χ0v) is 17.0. The van der Waals surface area contributed by atoms with Crippen LogP contribution in [0.25, 0.3) is 0 Å². The largest absolute Gasteiger partial charge is 0.368 e. The van der Waals surface area contributed by atoms with Crippen LogP contribution in [0.5, 0.6) is 0 Å². The van der Waals surface area contributed by atoms with Crippen molar-refractivity contribution in [3.63, 3.8) is 0 Å². The van der Waals surface area contributed by atoms with Crippen LogP contribution >= 0.6 is 0 Å². The van der Waals surface area contributed by atoms with Crippen LogP contribution < -0.4 is 15.1 Å². The maximum Gasteiger partial charge on any atom is 0.270 e. The van der Waals surface area contributed by atoms with Crippen LogP contribution in [-0.2, 0) is 0 Å². The summed E-state index contributed by atoms with van der Waals surface area (Å²) in [6, 6.07) is 10.4. The highest BCUT2D eigenvalue weighted by Crippen LogP contribution is 2.25. The predicted octanol–water partition coefficient (Wildman–Crippen LogP) is 3.55. The molecule has 1 fully saturated rings. The number of pyridine rings is 1. The first kappa shape index (κ1) is 19.2. The monoisotopic (exact) mass is 366 g/mol. The number of benzene rings is 1. The number of rotatable bonds is 3. The van der Waals surface area contributed by atoms with E-state index in [2.05, 4.69) is 52.1 Å². The van der Waals surface area contributed by atoms with E-state index < -0.39 is 0 Å². The molecule has 5 heteroatoms. The highest BCUT2D eigenvalue weighted by atomic mass is 16.2. The number of carbonyl (C=O) groups excluding carboxylic acids is 1. The molecule has 0 spiro atoms. The molecule has 1 saturated heterocycles. The van der Waals surface area contributed by atoms with Crippen molar-refractivity contribution in [1.82, 2.24) is 10.3 Å². The lowest BCUT2D eigenvalue weighted by Crippen LogP contribution is -2.47. The third-order valence-corrected chi connectivity index (χ3v) is 5.03. The smallest absolute Gasteiger partial charge is 0.270 e. The van der Waals surface area contributed by atoms with Gasteiger partial charge in [0.2, 0.25) is 0 Å². The van der Waals surface area contributed by atoms with Crippen LogP contribution in [-0.4, -0.2) is 42.6 Å². The third kappa shape index (κ3) is 4.59. The minimum absolute atomic E-state index is 0.127. The molecule has 2 heterocycles. The summed E-state index contributed by atoms with van der Waals surface area (Å²) in [5, 5.41) is 2.98. The van der Waals surface area contributed by atoms with E-state index in [9.17, 15) is 4.79 Å². The highest BCUT2D eigenvalue weighted by Gasteiger charge is 2.21. The minimum atomic E-state index is -0.272. The second kappa shape index (κ2) is 7.59. The molecule has 1 aromatic heterocycles. The van der Waals surface area contributed by atoms with E-state index in [1.54, 1.807) is 6.20 Å². The first-order valence-corrected chi connectivity index (χ1v) is 9.59. The first-order chi connectivity index (χ1) is 12.7. The van der Waals surface area contributed by atoms with Gasteiger partial charge < -0.3 is 15.1 Å². The van der Waals surface area contributed by atoms with Gasteiger partial charge in [0.1, 0.15) is 5.69 Å². The number of aromatic nitrogens is 1. The summed E-state index contributed by atoms with van der Waals surface area (Å²) in [6.45, 7) is 14.1. The Labute approximate surface area is 162 Å². The number of anilines is 2. The van der Waals surface area contributed by atoms with Crippen molar-refractivity contribution in [2.45, 2.75) is 40.2 Å². The number of hydrogen-bond acceptors (Lipinski definition) is 4. The summed E-state index contributed by atoms with van der Waals surface area (Å²) in [6.07, 6.45) is 1.73. The van der Waals surface area contributed by atoms with Crippen LogP contribution in [0.15, 0.2) is 36.5 Å². The van der Waals surface area contributed by atoms with Crippen LogP contribution in [0.4, 0.5) is 11.4 Å². The Morgan fingerprint density at radius 3 is 2.37 bits per heavy atom. The zero-order valence-electron chi connectivity index (χ0n) is 17.0. The van der Waals surface area contributed by atoms with E-state index in [-0.39, 0.29) is 11.4 Å². The van der Waals surface area contributed by atoms with Crippen molar-refractivity contribution in [2.75, 3.05) is 36.0 Å². The SMILES string of the molecule is Cc1cccc(N2CCN(c3ccnc(C(=O)NC(C)(C)C)c3)CC2)c1C. The first-order valence-electron chi connectivity index (χ1n) is 9.59. The van der Waals surface area contributed by atoms with Gasteiger partial charge in [-0.3, -0.25) is 9.78 Å². The molecule has 144 valence electrons. The van der Waals surface area contributed by atoms with E-state index in [0.29, 0.717) is 5.69 Å². The van der Waals surface area contributed by atoms with Crippen LogP contribution in [0, 0.1) is 13.8 Å². The summed E-state index contributed by atoms with van der Waals surface area (Å²) in [7, 11) is 0. The molecule has 0 atom stereocenters. The Morgan fingerprint density at radius 1 is 1.04 bits per heavy atom. The van der Waals surface area contributed by atoms with Gasteiger partial charge in [0.15, 0.2) is 0 Å². The maximum absolute atomic E-state index is 12.4. The van der Waals surface area contributed by atoms with Crippen molar-refractivity contribution < 1.29 is 4.79 Å². The van der Waals surface area contributed by atoms with E-state index >= 15 is 0 Å². The van der Waals surface area contributed by atoms with Gasteiger partial charge in [0, 0.05) is 49.3 Å². The molecule has 2 aromatic rings. The standard InChI is InChI=1S/C22H30N4O/c1-16-7-6-8-20(17(16)2)26-13-11-25(12-14-26)18-9-10-23-19(15-18)21(27)24-22(3,4)5/h6-10,15H,11-14H2,1-5H3,(H,24,27). The fourth-order valence-corrected chi connectivity index (χ4v) is 3.43. The van der Waals surface area contributed by atoms with Crippen molar-refractivity contribution in [3.8, 4) is 0 Å².